The molecule has 7 nitrogen and oxygen atoms in total. The van der Waals surface area contributed by atoms with Gasteiger partial charge in [0.1, 0.15) is 6.54 Å². The van der Waals surface area contributed by atoms with E-state index in [2.05, 4.69) is 0 Å². The minimum atomic E-state index is -0.589. The van der Waals surface area contributed by atoms with Crippen LogP contribution in [0.1, 0.15) is 57.9 Å². The first kappa shape index (κ1) is 25.0. The van der Waals surface area contributed by atoms with Crippen LogP contribution in [0, 0.1) is 11.8 Å². The second-order valence-electron chi connectivity index (χ2n) is 8.25. The van der Waals surface area contributed by atoms with Crippen LogP contribution in [0.2, 0.25) is 0 Å². The minimum Gasteiger partial charge on any atom is -0.466 e. The van der Waals surface area contributed by atoms with Gasteiger partial charge in [-0.2, -0.15) is 10.4 Å². The van der Waals surface area contributed by atoms with Crippen LogP contribution in [0.4, 0.5) is 0 Å². The van der Waals surface area contributed by atoms with Gasteiger partial charge in [0.25, 0.3) is 0 Å². The summed E-state index contributed by atoms with van der Waals surface area (Å²) in [5.74, 6) is 4.23. The first-order chi connectivity index (χ1) is 14.9. The molecule has 1 amide bonds. The molecule has 1 aromatic rings. The van der Waals surface area contributed by atoms with Gasteiger partial charge in [0, 0.05) is 0 Å². The second-order valence-corrected chi connectivity index (χ2v) is 8.25. The molecule has 1 aliphatic heterocycles. The van der Waals surface area contributed by atoms with E-state index in [1.807, 2.05) is 30.3 Å². The summed E-state index contributed by atoms with van der Waals surface area (Å²) in [4.78, 5) is 38.8. The topological polar surface area (TPSA) is 95.7 Å². The average molecular weight is 434 g/mol. The van der Waals surface area contributed by atoms with Gasteiger partial charge < -0.3 is 9.47 Å². The van der Waals surface area contributed by atoms with Gasteiger partial charge in [0.15, 0.2) is 0 Å². The summed E-state index contributed by atoms with van der Waals surface area (Å²) >= 11 is 0. The molecule has 3 atom stereocenters. The van der Waals surface area contributed by atoms with Gasteiger partial charge in [-0.15, -0.1) is 0 Å². The van der Waals surface area contributed by atoms with Crippen molar-refractivity contribution in [2.24, 2.45) is 17.7 Å². The number of ether oxygens (including phenoxy) is 2. The molecule has 0 bridgehead atoms. The third-order valence-electron chi connectivity index (χ3n) is 5.96. The highest BCUT2D eigenvalue weighted by Crippen LogP contribution is 2.30. The fourth-order valence-corrected chi connectivity index (χ4v) is 4.34. The summed E-state index contributed by atoms with van der Waals surface area (Å²) in [6.45, 7) is 4.13. The van der Waals surface area contributed by atoms with Crippen molar-refractivity contribution in [2.45, 2.75) is 58.8 Å². The van der Waals surface area contributed by atoms with E-state index in [0.717, 1.165) is 31.2 Å². The van der Waals surface area contributed by atoms with E-state index in [4.69, 9.17) is 15.3 Å². The van der Waals surface area contributed by atoms with Crippen molar-refractivity contribution < 1.29 is 28.4 Å². The molecule has 1 aromatic carbocycles. The standard InChI is InChI=1S/C24H37N2O5/c1-3-30-22(27)18-26(25)17-11-6-5-10-14-20(23(26)28)21(24(29)31-4-2)16-15-19-12-8-7-9-13-19/h7-9,12-13,20-21H,3-6,10-11,14-18,25H2,1-2H3/q+1. The predicted octanol–water partition coefficient (Wildman–Crippen LogP) is 3.16. The van der Waals surface area contributed by atoms with Gasteiger partial charge in [-0.25, -0.2) is 9.59 Å². The zero-order valence-electron chi connectivity index (χ0n) is 18.9. The van der Waals surface area contributed by atoms with E-state index in [1.165, 1.54) is 0 Å². The molecule has 2 rings (SSSR count). The van der Waals surface area contributed by atoms with Crippen LogP contribution in [-0.4, -0.2) is 48.7 Å². The number of hydrogen-bond donors (Lipinski definition) is 1. The number of hydrogen-bond acceptors (Lipinski definition) is 6. The molecule has 3 unspecified atom stereocenters. The number of nitrogens with two attached hydrogens (primary N) is 1. The Labute approximate surface area is 185 Å². The first-order valence-corrected chi connectivity index (χ1v) is 11.5. The van der Waals surface area contributed by atoms with E-state index >= 15 is 0 Å². The van der Waals surface area contributed by atoms with E-state index < -0.39 is 22.4 Å². The Balaban J connectivity index is 2.30. The number of rotatable bonds is 9. The third-order valence-corrected chi connectivity index (χ3v) is 5.96. The molecule has 1 saturated heterocycles. The fourth-order valence-electron chi connectivity index (χ4n) is 4.34. The fraction of sp³-hybridized carbons (Fsp3) is 0.625. The molecule has 1 heterocycles. The molecule has 2 N–H and O–H groups in total. The van der Waals surface area contributed by atoms with Crippen molar-refractivity contribution in [2.75, 3.05) is 26.3 Å². The van der Waals surface area contributed by atoms with Crippen LogP contribution in [0.25, 0.3) is 0 Å². The number of carbonyl (C=O) groups is 3. The lowest BCUT2D eigenvalue weighted by molar-refractivity contribution is -0.861. The second kappa shape index (κ2) is 12.6. The lowest BCUT2D eigenvalue weighted by atomic mass is 9.82. The number of benzene rings is 1. The molecule has 0 aromatic heterocycles. The SMILES string of the molecule is CCOC(=O)C[N+]1(N)CCCCCCC(C(CCc2ccccc2)C(=O)OCC)C1=O. The Morgan fingerprint density at radius 1 is 1.06 bits per heavy atom. The normalized spacial score (nSPS) is 23.2. The number of quaternary nitrogens is 1. The minimum absolute atomic E-state index is 0.211. The van der Waals surface area contributed by atoms with E-state index in [1.54, 1.807) is 13.8 Å². The molecule has 7 heteroatoms. The van der Waals surface area contributed by atoms with Crippen LogP contribution < -0.4 is 5.84 Å². The van der Waals surface area contributed by atoms with Crippen LogP contribution in [0.15, 0.2) is 30.3 Å². The summed E-state index contributed by atoms with van der Waals surface area (Å²) in [5, 5.41) is 0. The largest absolute Gasteiger partial charge is 0.466 e. The first-order valence-electron chi connectivity index (χ1n) is 11.5. The highest BCUT2D eigenvalue weighted by atomic mass is 16.5. The van der Waals surface area contributed by atoms with Gasteiger partial charge in [-0.1, -0.05) is 43.2 Å². The number of amides is 1. The van der Waals surface area contributed by atoms with Crippen LogP contribution in [-0.2, 0) is 30.3 Å². The summed E-state index contributed by atoms with van der Waals surface area (Å²) in [6, 6.07) is 9.89. The summed E-state index contributed by atoms with van der Waals surface area (Å²) in [5.41, 5.74) is 1.10. The summed E-state index contributed by atoms with van der Waals surface area (Å²) in [6.07, 6.45) is 5.23. The maximum absolute atomic E-state index is 13.7. The highest BCUT2D eigenvalue weighted by Gasteiger charge is 2.46. The highest BCUT2D eigenvalue weighted by molar-refractivity contribution is 5.83. The van der Waals surface area contributed by atoms with Crippen molar-refractivity contribution in [3.8, 4) is 0 Å². The maximum atomic E-state index is 13.7. The van der Waals surface area contributed by atoms with Crippen molar-refractivity contribution in [3.63, 3.8) is 0 Å². The molecular formula is C24H37N2O5+. The quantitative estimate of drug-likeness (QED) is 0.278. The van der Waals surface area contributed by atoms with E-state index in [0.29, 0.717) is 25.8 Å². The van der Waals surface area contributed by atoms with Crippen molar-refractivity contribution >= 4 is 17.8 Å². The molecule has 0 aliphatic carbocycles. The Kier molecular flexibility index (Phi) is 10.1. The monoisotopic (exact) mass is 433 g/mol. The van der Waals surface area contributed by atoms with Gasteiger partial charge in [-0.05, 0) is 51.5 Å². The van der Waals surface area contributed by atoms with Crippen LogP contribution in [0.3, 0.4) is 0 Å². The maximum Gasteiger partial charge on any atom is 0.364 e. The van der Waals surface area contributed by atoms with Gasteiger partial charge in [-0.3, -0.25) is 4.79 Å². The Bertz CT molecular complexity index is 724. The lowest BCUT2D eigenvalue weighted by Crippen LogP contribution is -2.64. The Hall–Kier alpha value is -2.25. The van der Waals surface area contributed by atoms with Crippen molar-refractivity contribution in [3.05, 3.63) is 35.9 Å². The Morgan fingerprint density at radius 3 is 2.42 bits per heavy atom. The molecule has 1 fully saturated rings. The zero-order valence-corrected chi connectivity index (χ0v) is 18.9. The van der Waals surface area contributed by atoms with Crippen molar-refractivity contribution in [1.82, 2.24) is 0 Å². The van der Waals surface area contributed by atoms with E-state index in [9.17, 15) is 14.4 Å². The number of carbonyl (C=O) groups excluding carboxylic acids is 3. The average Bonchev–Trinajstić information content (AvgIpc) is 2.81. The predicted molar refractivity (Wildman–Crippen MR) is 117 cm³/mol. The number of esters is 2. The van der Waals surface area contributed by atoms with Crippen molar-refractivity contribution in [1.29, 1.82) is 0 Å². The lowest BCUT2D eigenvalue weighted by Gasteiger charge is -2.34. The molecule has 172 valence electrons. The van der Waals surface area contributed by atoms with Crippen LogP contribution in [0.5, 0.6) is 0 Å². The Morgan fingerprint density at radius 2 is 1.74 bits per heavy atom. The van der Waals surface area contributed by atoms with Gasteiger partial charge in [0.05, 0.1) is 25.0 Å². The molecule has 1 aliphatic rings. The molecule has 0 spiro atoms. The molecular weight excluding hydrogens is 396 g/mol. The zero-order chi connectivity index (χ0) is 22.7. The van der Waals surface area contributed by atoms with Crippen LogP contribution >= 0.6 is 0 Å². The third kappa shape index (κ3) is 7.43. The molecule has 31 heavy (non-hydrogen) atoms. The van der Waals surface area contributed by atoms with Gasteiger partial charge in [0.2, 0.25) is 6.54 Å². The molecule has 0 saturated carbocycles. The number of nitrogens with zero attached hydrogens (tertiary/aromatic N) is 1. The molecule has 0 radical (unpaired) electrons. The summed E-state index contributed by atoms with van der Waals surface area (Å²) in [7, 11) is 0. The smallest absolute Gasteiger partial charge is 0.364 e. The van der Waals surface area contributed by atoms with E-state index in [-0.39, 0.29) is 31.6 Å². The summed E-state index contributed by atoms with van der Waals surface area (Å²) < 4.78 is 9.92. The number of aryl methyl sites for hydroxylation is 1. The van der Waals surface area contributed by atoms with Gasteiger partial charge >= 0.3 is 17.8 Å².